The second kappa shape index (κ2) is 9.84. The Balaban J connectivity index is 1.33. The zero-order valence-electron chi connectivity index (χ0n) is 18.8. The van der Waals surface area contributed by atoms with Crippen molar-refractivity contribution >= 4 is 29.7 Å². The van der Waals surface area contributed by atoms with E-state index in [9.17, 15) is 19.5 Å². The van der Waals surface area contributed by atoms with Gasteiger partial charge >= 0.3 is 12.1 Å². The lowest BCUT2D eigenvalue weighted by atomic mass is 9.98. The number of ether oxygens (including phenoxy) is 1. The number of hydrogen-bond donors (Lipinski definition) is 2. The van der Waals surface area contributed by atoms with Gasteiger partial charge in [-0.25, -0.2) is 9.59 Å². The SMILES string of the molecule is O=C(NC(C(=O)N1CSC[C@H]1C(=O)O)c1ccccc1)OCC1c2ccccc2-c2ccccc21. The Morgan fingerprint density at radius 2 is 1.54 bits per heavy atom. The van der Waals surface area contributed by atoms with E-state index in [0.717, 1.165) is 22.3 Å². The number of carbonyl (C=O) groups is 3. The summed E-state index contributed by atoms with van der Waals surface area (Å²) in [5.41, 5.74) is 5.00. The van der Waals surface area contributed by atoms with Crippen molar-refractivity contribution in [2.24, 2.45) is 0 Å². The Morgan fingerprint density at radius 1 is 0.943 bits per heavy atom. The fraction of sp³-hybridized carbons (Fsp3) is 0.222. The molecular weight excluding hydrogens is 464 g/mol. The van der Waals surface area contributed by atoms with Crippen LogP contribution in [0.4, 0.5) is 4.79 Å². The van der Waals surface area contributed by atoms with E-state index < -0.39 is 30.1 Å². The van der Waals surface area contributed by atoms with Gasteiger partial charge in [0.25, 0.3) is 5.91 Å². The van der Waals surface area contributed by atoms with Gasteiger partial charge in [0.05, 0.1) is 5.88 Å². The molecule has 1 unspecified atom stereocenters. The van der Waals surface area contributed by atoms with Gasteiger partial charge in [0.15, 0.2) is 0 Å². The lowest BCUT2D eigenvalue weighted by molar-refractivity contribution is -0.148. The third-order valence-electron chi connectivity index (χ3n) is 6.44. The molecule has 0 aromatic heterocycles. The van der Waals surface area contributed by atoms with Crippen molar-refractivity contribution in [1.82, 2.24) is 10.2 Å². The zero-order valence-corrected chi connectivity index (χ0v) is 19.6. The maximum absolute atomic E-state index is 13.4. The largest absolute Gasteiger partial charge is 0.480 e. The Labute approximate surface area is 207 Å². The Hall–Kier alpha value is -3.78. The zero-order chi connectivity index (χ0) is 24.4. The van der Waals surface area contributed by atoms with Crippen molar-refractivity contribution < 1.29 is 24.2 Å². The minimum Gasteiger partial charge on any atom is -0.480 e. The number of carbonyl (C=O) groups excluding carboxylic acids is 2. The number of carboxylic acids is 1. The number of aliphatic carboxylic acids is 1. The molecule has 0 radical (unpaired) electrons. The summed E-state index contributed by atoms with van der Waals surface area (Å²) >= 11 is 1.37. The van der Waals surface area contributed by atoms with Crippen molar-refractivity contribution in [2.45, 2.75) is 18.0 Å². The van der Waals surface area contributed by atoms with Crippen LogP contribution in [0.5, 0.6) is 0 Å². The van der Waals surface area contributed by atoms with Crippen LogP contribution in [0.1, 0.15) is 28.7 Å². The van der Waals surface area contributed by atoms with Crippen LogP contribution in [0.3, 0.4) is 0 Å². The van der Waals surface area contributed by atoms with Crippen molar-refractivity contribution in [3.8, 4) is 11.1 Å². The van der Waals surface area contributed by atoms with Crippen molar-refractivity contribution in [3.05, 3.63) is 95.6 Å². The first kappa shape index (κ1) is 23.0. The lowest BCUT2D eigenvalue weighted by Crippen LogP contribution is -2.48. The molecule has 3 aromatic carbocycles. The standard InChI is InChI=1S/C27H24N2O5S/c30-25(29-16-35-15-23(29)26(31)32)24(17-8-2-1-3-9-17)28-27(33)34-14-22-20-12-6-4-10-18(20)19-11-5-7-13-21(19)22/h1-13,22-24H,14-16H2,(H,28,33)(H,31,32)/t23-,24?/m0/s1. The second-order valence-electron chi connectivity index (χ2n) is 8.48. The number of fused-ring (bicyclic) bond motifs is 3. The van der Waals surface area contributed by atoms with E-state index in [2.05, 4.69) is 17.4 Å². The molecular formula is C27H24N2O5S. The quantitative estimate of drug-likeness (QED) is 0.539. The van der Waals surface area contributed by atoms with Crippen molar-refractivity contribution in [3.63, 3.8) is 0 Å². The molecule has 5 rings (SSSR count). The van der Waals surface area contributed by atoms with Crippen LogP contribution in [0.25, 0.3) is 11.1 Å². The Morgan fingerprint density at radius 3 is 2.17 bits per heavy atom. The molecule has 2 amide bonds. The van der Waals surface area contributed by atoms with Gasteiger partial charge in [-0.15, -0.1) is 11.8 Å². The molecule has 1 aliphatic heterocycles. The molecule has 2 aliphatic rings. The first-order valence-corrected chi connectivity index (χ1v) is 12.5. The van der Waals surface area contributed by atoms with E-state index in [1.807, 2.05) is 42.5 Å². The molecule has 8 heteroatoms. The van der Waals surface area contributed by atoms with Crippen LogP contribution in [-0.4, -0.2) is 52.3 Å². The van der Waals surface area contributed by atoms with Gasteiger partial charge in [-0.3, -0.25) is 4.79 Å². The maximum Gasteiger partial charge on any atom is 0.408 e. The summed E-state index contributed by atoms with van der Waals surface area (Å²) in [6.45, 7) is 0.118. The number of nitrogens with zero attached hydrogens (tertiary/aromatic N) is 1. The molecule has 1 aliphatic carbocycles. The highest BCUT2D eigenvalue weighted by Crippen LogP contribution is 2.44. The smallest absolute Gasteiger partial charge is 0.408 e. The molecule has 0 spiro atoms. The number of nitrogens with one attached hydrogen (secondary N) is 1. The van der Waals surface area contributed by atoms with Gasteiger partial charge in [-0.05, 0) is 27.8 Å². The van der Waals surface area contributed by atoms with Crippen LogP contribution in [0.2, 0.25) is 0 Å². The average Bonchev–Trinajstić information content (AvgIpc) is 3.50. The van der Waals surface area contributed by atoms with Gasteiger partial charge in [0.2, 0.25) is 0 Å². The summed E-state index contributed by atoms with van der Waals surface area (Å²) in [7, 11) is 0. The first-order chi connectivity index (χ1) is 17.0. The average molecular weight is 489 g/mol. The molecule has 178 valence electrons. The van der Waals surface area contributed by atoms with Crippen molar-refractivity contribution in [2.75, 3.05) is 18.2 Å². The molecule has 1 fully saturated rings. The van der Waals surface area contributed by atoms with Crippen LogP contribution in [0.15, 0.2) is 78.9 Å². The predicted octanol–water partition coefficient (Wildman–Crippen LogP) is 4.25. The van der Waals surface area contributed by atoms with Crippen LogP contribution in [-0.2, 0) is 14.3 Å². The lowest BCUT2D eigenvalue weighted by Gasteiger charge is -2.27. The number of hydrogen-bond acceptors (Lipinski definition) is 5. The maximum atomic E-state index is 13.4. The molecule has 1 saturated heterocycles. The summed E-state index contributed by atoms with van der Waals surface area (Å²) in [6.07, 6.45) is -0.729. The normalized spacial score (nSPS) is 17.4. The minimum absolute atomic E-state index is 0.106. The number of alkyl carbamates (subject to hydrolysis) is 1. The van der Waals surface area contributed by atoms with Gasteiger partial charge < -0.3 is 20.1 Å². The number of amides is 2. The van der Waals surface area contributed by atoms with E-state index in [-0.39, 0.29) is 18.4 Å². The van der Waals surface area contributed by atoms with Crippen LogP contribution in [0, 0.1) is 0 Å². The molecule has 0 saturated carbocycles. The van der Waals surface area contributed by atoms with Crippen molar-refractivity contribution in [1.29, 1.82) is 0 Å². The molecule has 2 N–H and O–H groups in total. The van der Waals surface area contributed by atoms with Gasteiger partial charge in [-0.2, -0.15) is 0 Å². The third-order valence-corrected chi connectivity index (χ3v) is 7.45. The fourth-order valence-electron chi connectivity index (χ4n) is 4.72. The Bertz CT molecular complexity index is 1220. The first-order valence-electron chi connectivity index (χ1n) is 11.3. The summed E-state index contributed by atoms with van der Waals surface area (Å²) in [5.74, 6) is -1.07. The third kappa shape index (κ3) is 4.49. The van der Waals surface area contributed by atoms with E-state index in [1.165, 1.54) is 16.7 Å². The van der Waals surface area contributed by atoms with E-state index in [4.69, 9.17) is 4.74 Å². The second-order valence-corrected chi connectivity index (χ2v) is 9.48. The summed E-state index contributed by atoms with van der Waals surface area (Å²) in [5, 5.41) is 12.2. The Kier molecular flexibility index (Phi) is 6.46. The molecule has 0 bridgehead atoms. The highest BCUT2D eigenvalue weighted by atomic mass is 32.2. The number of rotatable bonds is 6. The minimum atomic E-state index is -1.06. The summed E-state index contributed by atoms with van der Waals surface area (Å²) in [4.78, 5) is 39.2. The summed E-state index contributed by atoms with van der Waals surface area (Å²) in [6, 6.07) is 22.9. The monoisotopic (exact) mass is 488 g/mol. The van der Waals surface area contributed by atoms with E-state index in [0.29, 0.717) is 11.3 Å². The molecule has 1 heterocycles. The van der Waals surface area contributed by atoms with Gasteiger partial charge in [-0.1, -0.05) is 78.9 Å². The fourth-order valence-corrected chi connectivity index (χ4v) is 5.88. The topological polar surface area (TPSA) is 95.9 Å². The molecule has 35 heavy (non-hydrogen) atoms. The summed E-state index contributed by atoms with van der Waals surface area (Å²) < 4.78 is 5.64. The molecule has 2 atom stereocenters. The molecule has 7 nitrogen and oxygen atoms in total. The number of carboxylic acid groups (broad SMARTS) is 1. The van der Waals surface area contributed by atoms with Crippen LogP contribution >= 0.6 is 11.8 Å². The highest BCUT2D eigenvalue weighted by molar-refractivity contribution is 7.99. The van der Waals surface area contributed by atoms with Gasteiger partial charge in [0.1, 0.15) is 18.7 Å². The highest BCUT2D eigenvalue weighted by Gasteiger charge is 2.39. The molecule has 3 aromatic rings. The van der Waals surface area contributed by atoms with Gasteiger partial charge in [0, 0.05) is 11.7 Å². The van der Waals surface area contributed by atoms with Crippen LogP contribution < -0.4 is 5.32 Å². The van der Waals surface area contributed by atoms with E-state index in [1.54, 1.807) is 24.3 Å². The number of thioether (sulfide) groups is 1. The number of benzene rings is 3. The van der Waals surface area contributed by atoms with E-state index >= 15 is 0 Å². The predicted molar refractivity (Wildman–Crippen MR) is 133 cm³/mol.